The number of amides is 2. The Morgan fingerprint density at radius 3 is 2.57 bits per heavy atom. The van der Waals surface area contributed by atoms with Gasteiger partial charge >= 0.3 is 5.97 Å². The minimum Gasteiger partial charge on any atom is -0.488 e. The van der Waals surface area contributed by atoms with Crippen molar-refractivity contribution >= 4 is 57.5 Å². The first-order chi connectivity index (χ1) is 13.3. The number of aliphatic carboxylic acids is 1. The van der Waals surface area contributed by atoms with Gasteiger partial charge in [0.1, 0.15) is 18.9 Å². The number of thioether (sulfide) groups is 1. The van der Waals surface area contributed by atoms with Crippen LogP contribution in [0, 0.1) is 10.5 Å². The molecule has 0 aromatic heterocycles. The monoisotopic (exact) mass is 509 g/mol. The van der Waals surface area contributed by atoms with Crippen molar-refractivity contribution in [1.29, 1.82) is 0 Å². The summed E-state index contributed by atoms with van der Waals surface area (Å²) in [5.41, 5.74) is 2.99. The molecule has 3 rings (SSSR count). The van der Waals surface area contributed by atoms with Gasteiger partial charge in [0.2, 0.25) is 0 Å². The maximum atomic E-state index is 12.2. The molecule has 0 unspecified atom stereocenters. The Labute approximate surface area is 179 Å². The molecule has 1 N–H and O–H groups in total. The van der Waals surface area contributed by atoms with Crippen molar-refractivity contribution in [1.82, 2.24) is 4.90 Å². The fraction of sp³-hybridized carbons (Fsp3) is 0.150. The Bertz CT molecular complexity index is 971. The summed E-state index contributed by atoms with van der Waals surface area (Å²) in [7, 11) is 0. The van der Waals surface area contributed by atoms with Gasteiger partial charge in [-0.25, -0.2) is 0 Å². The fourth-order valence-electron chi connectivity index (χ4n) is 2.49. The third-order valence-electron chi connectivity index (χ3n) is 3.94. The number of imide groups is 1. The first kappa shape index (κ1) is 20.4. The lowest BCUT2D eigenvalue weighted by Gasteiger charge is -2.10. The Morgan fingerprint density at radius 1 is 1.21 bits per heavy atom. The highest BCUT2D eigenvalue weighted by Crippen LogP contribution is 2.33. The topological polar surface area (TPSA) is 83.9 Å². The molecule has 0 aliphatic carbocycles. The maximum absolute atomic E-state index is 12.2. The predicted octanol–water partition coefficient (Wildman–Crippen LogP) is 4.30. The molecule has 0 saturated carbocycles. The molecule has 1 aliphatic rings. The van der Waals surface area contributed by atoms with Gasteiger partial charge in [0.15, 0.2) is 0 Å². The average Bonchev–Trinajstić information content (AvgIpc) is 2.89. The summed E-state index contributed by atoms with van der Waals surface area (Å²) >= 11 is 2.89. The molecule has 1 heterocycles. The van der Waals surface area contributed by atoms with Gasteiger partial charge in [-0.05, 0) is 70.6 Å². The number of rotatable bonds is 6. The molecule has 2 amide bonds. The minimum absolute atomic E-state index is 0.204. The Morgan fingerprint density at radius 2 is 1.93 bits per heavy atom. The van der Waals surface area contributed by atoms with Gasteiger partial charge in [-0.3, -0.25) is 19.3 Å². The van der Waals surface area contributed by atoms with Gasteiger partial charge in [-0.15, -0.1) is 0 Å². The van der Waals surface area contributed by atoms with E-state index in [2.05, 4.69) is 22.6 Å². The molecule has 0 bridgehead atoms. The van der Waals surface area contributed by atoms with Gasteiger partial charge in [-0.2, -0.15) is 0 Å². The van der Waals surface area contributed by atoms with Gasteiger partial charge in [-0.1, -0.05) is 35.9 Å². The number of ether oxygens (including phenoxy) is 1. The normalized spacial score (nSPS) is 15.4. The number of carbonyl (C=O) groups is 3. The van der Waals surface area contributed by atoms with Crippen molar-refractivity contribution in [3.8, 4) is 5.75 Å². The van der Waals surface area contributed by atoms with E-state index in [1.54, 1.807) is 12.1 Å². The molecule has 1 aliphatic heterocycles. The van der Waals surface area contributed by atoms with E-state index in [1.165, 1.54) is 5.56 Å². The third kappa shape index (κ3) is 4.93. The number of carbonyl (C=O) groups excluding carboxylic acids is 2. The summed E-state index contributed by atoms with van der Waals surface area (Å²) in [5.74, 6) is -1.10. The highest BCUT2D eigenvalue weighted by molar-refractivity contribution is 14.1. The molecule has 0 spiro atoms. The fourth-order valence-corrected chi connectivity index (χ4v) is 4.03. The molecule has 2 aromatic rings. The summed E-state index contributed by atoms with van der Waals surface area (Å²) in [4.78, 5) is 35.8. The lowest BCUT2D eigenvalue weighted by molar-refractivity contribution is -0.140. The summed E-state index contributed by atoms with van der Waals surface area (Å²) in [6.45, 7) is 1.84. The molecule has 28 heavy (non-hydrogen) atoms. The second-order valence-electron chi connectivity index (χ2n) is 6.13. The SMILES string of the molecule is Cc1ccc(COc2ccc(/C=C3/SC(=O)N(CC(=O)O)C3=O)cc2I)cc1. The third-order valence-corrected chi connectivity index (χ3v) is 5.69. The molecule has 1 saturated heterocycles. The van der Waals surface area contributed by atoms with Crippen molar-refractivity contribution in [2.45, 2.75) is 13.5 Å². The second kappa shape index (κ2) is 8.78. The van der Waals surface area contributed by atoms with Crippen LogP contribution in [-0.2, 0) is 16.2 Å². The van der Waals surface area contributed by atoms with E-state index in [4.69, 9.17) is 9.84 Å². The number of hydrogen-bond acceptors (Lipinski definition) is 5. The molecular weight excluding hydrogens is 493 g/mol. The summed E-state index contributed by atoms with van der Waals surface area (Å²) in [6, 6.07) is 13.5. The largest absolute Gasteiger partial charge is 0.488 e. The lowest BCUT2D eigenvalue weighted by Crippen LogP contribution is -2.33. The highest BCUT2D eigenvalue weighted by Gasteiger charge is 2.36. The zero-order valence-corrected chi connectivity index (χ0v) is 17.8. The summed E-state index contributed by atoms with van der Waals surface area (Å²) in [5, 5.41) is 8.23. The molecule has 1 fully saturated rings. The van der Waals surface area contributed by atoms with Crippen molar-refractivity contribution in [3.63, 3.8) is 0 Å². The molecule has 6 nitrogen and oxygen atoms in total. The quantitative estimate of drug-likeness (QED) is 0.462. The van der Waals surface area contributed by atoms with E-state index in [9.17, 15) is 14.4 Å². The van der Waals surface area contributed by atoms with Crippen LogP contribution in [-0.4, -0.2) is 33.7 Å². The van der Waals surface area contributed by atoms with E-state index in [0.29, 0.717) is 6.61 Å². The number of nitrogens with zero attached hydrogens (tertiary/aromatic N) is 1. The first-order valence-electron chi connectivity index (χ1n) is 8.28. The van der Waals surface area contributed by atoms with E-state index in [0.717, 1.165) is 37.1 Å². The molecule has 144 valence electrons. The van der Waals surface area contributed by atoms with Gasteiger partial charge in [0.25, 0.3) is 11.1 Å². The molecule has 2 aromatic carbocycles. The number of aryl methyl sites for hydroxylation is 1. The minimum atomic E-state index is -1.23. The maximum Gasteiger partial charge on any atom is 0.323 e. The van der Waals surface area contributed by atoms with Crippen molar-refractivity contribution in [2.24, 2.45) is 0 Å². The molecule has 8 heteroatoms. The summed E-state index contributed by atoms with van der Waals surface area (Å²) in [6.07, 6.45) is 1.58. The van der Waals surface area contributed by atoms with Crippen LogP contribution in [0.3, 0.4) is 0 Å². The first-order valence-corrected chi connectivity index (χ1v) is 10.2. The number of hydrogen-bond donors (Lipinski definition) is 1. The van der Waals surface area contributed by atoms with Crippen LogP contribution in [0.5, 0.6) is 5.75 Å². The van der Waals surface area contributed by atoms with Crippen LogP contribution >= 0.6 is 34.4 Å². The van der Waals surface area contributed by atoms with Gasteiger partial charge < -0.3 is 9.84 Å². The van der Waals surface area contributed by atoms with Crippen LogP contribution < -0.4 is 4.74 Å². The van der Waals surface area contributed by atoms with Gasteiger partial charge in [0.05, 0.1) is 8.48 Å². The number of halogens is 1. The van der Waals surface area contributed by atoms with Crippen molar-refractivity contribution in [3.05, 3.63) is 67.6 Å². The highest BCUT2D eigenvalue weighted by atomic mass is 127. The standard InChI is InChI=1S/C20H16INO5S/c1-12-2-4-13(5-3-12)11-27-16-7-6-14(8-15(16)21)9-17-19(25)22(10-18(23)24)20(26)28-17/h2-9H,10-11H2,1H3,(H,23,24)/b17-9+. The van der Waals surface area contributed by atoms with Gasteiger partial charge in [0, 0.05) is 0 Å². The van der Waals surface area contributed by atoms with Crippen LogP contribution in [0.2, 0.25) is 0 Å². The van der Waals surface area contributed by atoms with Crippen LogP contribution in [0.1, 0.15) is 16.7 Å². The van der Waals surface area contributed by atoms with E-state index < -0.39 is 23.7 Å². The average molecular weight is 509 g/mol. The second-order valence-corrected chi connectivity index (χ2v) is 8.28. The van der Waals surface area contributed by atoms with Crippen molar-refractivity contribution in [2.75, 3.05) is 6.54 Å². The zero-order valence-electron chi connectivity index (χ0n) is 14.8. The number of benzene rings is 2. The predicted molar refractivity (Wildman–Crippen MR) is 115 cm³/mol. The number of carboxylic acid groups (broad SMARTS) is 1. The lowest BCUT2D eigenvalue weighted by atomic mass is 10.1. The van der Waals surface area contributed by atoms with E-state index in [-0.39, 0.29) is 4.91 Å². The Hall–Kier alpha value is -2.33. The van der Waals surface area contributed by atoms with Crippen molar-refractivity contribution < 1.29 is 24.2 Å². The number of carboxylic acids is 1. The molecular formula is C20H16INO5S. The zero-order chi connectivity index (χ0) is 20.3. The Balaban J connectivity index is 1.71. The molecule has 0 atom stereocenters. The van der Waals surface area contributed by atoms with Crippen LogP contribution in [0.25, 0.3) is 6.08 Å². The smallest absolute Gasteiger partial charge is 0.323 e. The van der Waals surface area contributed by atoms with E-state index in [1.807, 2.05) is 43.3 Å². The summed E-state index contributed by atoms with van der Waals surface area (Å²) < 4.78 is 6.72. The Kier molecular flexibility index (Phi) is 6.40. The van der Waals surface area contributed by atoms with Crippen LogP contribution in [0.15, 0.2) is 47.4 Å². The van der Waals surface area contributed by atoms with E-state index >= 15 is 0 Å². The molecule has 0 radical (unpaired) electrons. The van der Waals surface area contributed by atoms with Crippen LogP contribution in [0.4, 0.5) is 4.79 Å².